The van der Waals surface area contributed by atoms with E-state index in [1.807, 2.05) is 40.3 Å². The molecule has 0 bridgehead atoms. The predicted molar refractivity (Wildman–Crippen MR) is 122 cm³/mol. The number of carbonyl (C=O) groups excluding carboxylic acids is 1. The van der Waals surface area contributed by atoms with Crippen LogP contribution in [0.2, 0.25) is 0 Å². The second kappa shape index (κ2) is 8.49. The molecule has 0 spiro atoms. The van der Waals surface area contributed by atoms with E-state index in [4.69, 9.17) is 0 Å². The molecule has 160 valence electrons. The van der Waals surface area contributed by atoms with Gasteiger partial charge >= 0.3 is 6.03 Å². The van der Waals surface area contributed by atoms with Crippen molar-refractivity contribution >= 4 is 22.6 Å². The first-order chi connectivity index (χ1) is 15.2. The Morgan fingerprint density at radius 3 is 2.48 bits per heavy atom. The van der Waals surface area contributed by atoms with Gasteiger partial charge < -0.3 is 14.7 Å². The molecular weight excluding hydrogens is 388 g/mol. The van der Waals surface area contributed by atoms with E-state index in [1.54, 1.807) is 6.20 Å². The number of piperazine rings is 1. The van der Waals surface area contributed by atoms with Gasteiger partial charge in [-0.1, -0.05) is 30.3 Å². The average molecular weight is 417 g/mol. The molecule has 1 atom stereocenters. The van der Waals surface area contributed by atoms with E-state index in [0.717, 1.165) is 60.3 Å². The molecule has 7 nitrogen and oxygen atoms in total. The quantitative estimate of drug-likeness (QED) is 0.636. The van der Waals surface area contributed by atoms with E-state index in [9.17, 15) is 4.79 Å². The molecule has 2 saturated heterocycles. The standard InChI is InChI=1S/C24H28N6O/c1-18-17-29(24(31)28-12-6-3-7-13-28)14-15-30(18)23-21-16-25-11-10-20(21)22(26-27-23)19-8-4-2-5-9-19/h2,4-5,8-11,16,18H,3,6-7,12-15,17H2,1H3. The minimum atomic E-state index is 0.155. The molecule has 3 aromatic rings. The van der Waals surface area contributed by atoms with Crippen molar-refractivity contribution in [2.24, 2.45) is 0 Å². The molecular formula is C24H28N6O. The molecule has 2 aliphatic rings. The van der Waals surface area contributed by atoms with Crippen molar-refractivity contribution in [3.8, 4) is 11.3 Å². The van der Waals surface area contributed by atoms with Gasteiger partial charge in [0, 0.05) is 67.5 Å². The first kappa shape index (κ1) is 19.7. The SMILES string of the molecule is CC1CN(C(=O)N2CCCCC2)CCN1c1nnc(-c2ccccc2)c2ccncc12. The molecule has 1 unspecified atom stereocenters. The highest BCUT2D eigenvalue weighted by Gasteiger charge is 2.31. The van der Waals surface area contributed by atoms with E-state index in [-0.39, 0.29) is 12.1 Å². The number of fused-ring (bicyclic) bond motifs is 1. The zero-order chi connectivity index (χ0) is 21.2. The molecule has 0 radical (unpaired) electrons. The van der Waals surface area contributed by atoms with Crippen molar-refractivity contribution in [2.45, 2.75) is 32.2 Å². The van der Waals surface area contributed by atoms with E-state index in [0.29, 0.717) is 13.1 Å². The zero-order valence-corrected chi connectivity index (χ0v) is 17.9. The van der Waals surface area contributed by atoms with Crippen molar-refractivity contribution in [3.05, 3.63) is 48.8 Å². The molecule has 0 saturated carbocycles. The fraction of sp³-hybridized carbons (Fsp3) is 0.417. The monoisotopic (exact) mass is 416 g/mol. The zero-order valence-electron chi connectivity index (χ0n) is 17.9. The molecule has 4 heterocycles. The van der Waals surface area contributed by atoms with Gasteiger partial charge in [0.2, 0.25) is 0 Å². The van der Waals surface area contributed by atoms with E-state index < -0.39 is 0 Å². The van der Waals surface area contributed by atoms with Crippen molar-refractivity contribution in [1.29, 1.82) is 0 Å². The third-order valence-electron chi connectivity index (χ3n) is 6.41. The van der Waals surface area contributed by atoms with Crippen LogP contribution < -0.4 is 4.90 Å². The van der Waals surface area contributed by atoms with Crippen molar-refractivity contribution < 1.29 is 4.79 Å². The highest BCUT2D eigenvalue weighted by atomic mass is 16.2. The Hall–Kier alpha value is -3.22. The van der Waals surface area contributed by atoms with Crippen LogP contribution in [-0.4, -0.2) is 69.8 Å². The normalized spacial score (nSPS) is 19.6. The highest BCUT2D eigenvalue weighted by molar-refractivity contribution is 5.99. The lowest BCUT2D eigenvalue weighted by molar-refractivity contribution is 0.135. The number of aromatic nitrogens is 3. The number of carbonyl (C=O) groups is 1. The second-order valence-corrected chi connectivity index (χ2v) is 8.48. The summed E-state index contributed by atoms with van der Waals surface area (Å²) in [5, 5.41) is 11.3. The molecule has 1 aromatic carbocycles. The number of rotatable bonds is 2. The van der Waals surface area contributed by atoms with Crippen LogP contribution in [-0.2, 0) is 0 Å². The fourth-order valence-electron chi connectivity index (χ4n) is 4.74. The summed E-state index contributed by atoms with van der Waals surface area (Å²) in [5.74, 6) is 0.848. The van der Waals surface area contributed by atoms with Gasteiger partial charge in [0.15, 0.2) is 5.82 Å². The van der Waals surface area contributed by atoms with Crippen LogP contribution in [0, 0.1) is 0 Å². The highest BCUT2D eigenvalue weighted by Crippen LogP contribution is 2.32. The number of hydrogen-bond acceptors (Lipinski definition) is 5. The number of anilines is 1. The molecule has 2 amide bonds. The van der Waals surface area contributed by atoms with Crippen molar-refractivity contribution in [1.82, 2.24) is 25.0 Å². The Morgan fingerprint density at radius 2 is 1.71 bits per heavy atom. The van der Waals surface area contributed by atoms with Crippen LogP contribution in [0.25, 0.3) is 22.0 Å². The number of hydrogen-bond donors (Lipinski definition) is 0. The van der Waals surface area contributed by atoms with Gasteiger partial charge in [-0.25, -0.2) is 4.79 Å². The van der Waals surface area contributed by atoms with Crippen molar-refractivity contribution in [2.75, 3.05) is 37.6 Å². The Labute approximate surface area is 182 Å². The summed E-state index contributed by atoms with van der Waals surface area (Å²) in [6, 6.07) is 12.5. The third-order valence-corrected chi connectivity index (χ3v) is 6.41. The third kappa shape index (κ3) is 3.80. The molecule has 0 aliphatic carbocycles. The number of pyridine rings is 1. The molecule has 7 heteroatoms. The van der Waals surface area contributed by atoms with Gasteiger partial charge in [-0.05, 0) is 32.3 Å². The summed E-state index contributed by atoms with van der Waals surface area (Å²) in [6.07, 6.45) is 7.14. The van der Waals surface area contributed by atoms with Crippen LogP contribution >= 0.6 is 0 Å². The van der Waals surface area contributed by atoms with Gasteiger partial charge in [0.05, 0.1) is 0 Å². The smallest absolute Gasteiger partial charge is 0.320 e. The van der Waals surface area contributed by atoms with E-state index in [1.165, 1.54) is 6.42 Å². The number of benzene rings is 1. The molecule has 2 fully saturated rings. The molecule has 5 rings (SSSR count). The lowest BCUT2D eigenvalue weighted by Crippen LogP contribution is -2.57. The summed E-state index contributed by atoms with van der Waals surface area (Å²) in [5.41, 5.74) is 1.91. The van der Waals surface area contributed by atoms with Crippen LogP contribution in [0.15, 0.2) is 48.8 Å². The maximum absolute atomic E-state index is 13.0. The van der Waals surface area contributed by atoms with E-state index >= 15 is 0 Å². The average Bonchev–Trinajstić information content (AvgIpc) is 2.84. The molecule has 2 aliphatic heterocycles. The predicted octanol–water partition coefficient (Wildman–Crippen LogP) is 3.81. The molecule has 0 N–H and O–H groups in total. The number of nitrogens with zero attached hydrogens (tertiary/aromatic N) is 6. The lowest BCUT2D eigenvalue weighted by atomic mass is 10.1. The fourth-order valence-corrected chi connectivity index (χ4v) is 4.74. The first-order valence-electron chi connectivity index (χ1n) is 11.2. The summed E-state index contributed by atoms with van der Waals surface area (Å²) in [4.78, 5) is 23.6. The summed E-state index contributed by atoms with van der Waals surface area (Å²) in [7, 11) is 0. The maximum Gasteiger partial charge on any atom is 0.320 e. The largest absolute Gasteiger partial charge is 0.348 e. The molecule has 2 aromatic heterocycles. The Morgan fingerprint density at radius 1 is 0.903 bits per heavy atom. The summed E-state index contributed by atoms with van der Waals surface area (Å²) >= 11 is 0. The summed E-state index contributed by atoms with van der Waals surface area (Å²) in [6.45, 7) is 6.06. The second-order valence-electron chi connectivity index (χ2n) is 8.48. The van der Waals surface area contributed by atoms with Gasteiger partial charge in [0.1, 0.15) is 5.69 Å². The lowest BCUT2D eigenvalue weighted by Gasteiger charge is -2.42. The Kier molecular flexibility index (Phi) is 5.40. The van der Waals surface area contributed by atoms with Crippen LogP contribution in [0.1, 0.15) is 26.2 Å². The minimum absolute atomic E-state index is 0.155. The van der Waals surface area contributed by atoms with Crippen molar-refractivity contribution in [3.63, 3.8) is 0 Å². The van der Waals surface area contributed by atoms with E-state index in [2.05, 4.69) is 39.1 Å². The Balaban J connectivity index is 1.41. The van der Waals surface area contributed by atoms with Crippen LogP contribution in [0.5, 0.6) is 0 Å². The topological polar surface area (TPSA) is 65.5 Å². The summed E-state index contributed by atoms with van der Waals surface area (Å²) < 4.78 is 0. The number of amides is 2. The van der Waals surface area contributed by atoms with Gasteiger partial charge in [-0.3, -0.25) is 4.98 Å². The first-order valence-corrected chi connectivity index (χ1v) is 11.2. The Bertz CT molecular complexity index is 1070. The van der Waals surface area contributed by atoms with Gasteiger partial charge in [-0.15, -0.1) is 10.2 Å². The van der Waals surface area contributed by atoms with Crippen LogP contribution in [0.3, 0.4) is 0 Å². The van der Waals surface area contributed by atoms with Crippen LogP contribution in [0.4, 0.5) is 10.6 Å². The molecule has 31 heavy (non-hydrogen) atoms. The van der Waals surface area contributed by atoms with Gasteiger partial charge in [-0.2, -0.15) is 0 Å². The number of urea groups is 1. The minimum Gasteiger partial charge on any atom is -0.348 e. The number of piperidine rings is 1. The van der Waals surface area contributed by atoms with Gasteiger partial charge in [0.25, 0.3) is 0 Å². The number of likely N-dealkylation sites (tertiary alicyclic amines) is 1. The maximum atomic E-state index is 13.0.